The molecule has 3 N–H and O–H groups in total. The zero-order valence-corrected chi connectivity index (χ0v) is 26.0. The van der Waals surface area contributed by atoms with Crippen LogP contribution in [-0.4, -0.2) is 53.3 Å². The first kappa shape index (κ1) is 31.8. The molecule has 11 nitrogen and oxygen atoms in total. The standard InChI is InChI=1S/C35H37N5O6/c1-35(2,3)46-34(43)39-29-7-5-4-6-28(29)38-32(41)26-10-8-25(9-11-26)23-40(19-16-24-14-17-36-18-15-24)33(42)37-27-12-13-30-31(22-27)45-21-20-44-30/h4-15,17-18,22H,16,19-21,23H2,1-3H3,(H,37,42)(H,38,41)(H,39,43). The van der Waals surface area contributed by atoms with Gasteiger partial charge in [0, 0.05) is 42.8 Å². The number of pyridine rings is 1. The maximum atomic E-state index is 13.5. The number of nitrogens with one attached hydrogen (secondary N) is 3. The third kappa shape index (κ3) is 8.98. The molecule has 1 aromatic heterocycles. The van der Waals surface area contributed by atoms with E-state index in [4.69, 9.17) is 14.2 Å². The number of nitrogens with zero attached hydrogens (tertiary/aromatic N) is 2. The van der Waals surface area contributed by atoms with Crippen molar-refractivity contribution in [2.45, 2.75) is 39.3 Å². The van der Waals surface area contributed by atoms with Crippen molar-refractivity contribution >= 4 is 35.1 Å². The zero-order chi connectivity index (χ0) is 32.5. The van der Waals surface area contributed by atoms with Crippen LogP contribution in [0.15, 0.2) is 91.3 Å². The SMILES string of the molecule is CC(C)(C)OC(=O)Nc1ccccc1NC(=O)c1ccc(CN(CCc2ccncc2)C(=O)Nc2ccc3c(c2)OCCO3)cc1. The lowest BCUT2D eigenvalue weighted by Crippen LogP contribution is -2.36. The Kier molecular flexibility index (Phi) is 10.0. The molecule has 5 rings (SSSR count). The molecule has 0 saturated carbocycles. The number of hydrogen-bond acceptors (Lipinski definition) is 7. The van der Waals surface area contributed by atoms with E-state index in [1.807, 2.05) is 24.3 Å². The molecule has 0 radical (unpaired) electrons. The molecule has 4 amide bonds. The summed E-state index contributed by atoms with van der Waals surface area (Å²) in [6, 6.07) is 22.8. The molecule has 0 atom stereocenters. The van der Waals surface area contributed by atoms with E-state index in [1.165, 1.54) is 0 Å². The van der Waals surface area contributed by atoms with E-state index in [-0.39, 0.29) is 11.9 Å². The number of carbonyl (C=O) groups is 3. The lowest BCUT2D eigenvalue weighted by Gasteiger charge is -2.24. The second-order valence-electron chi connectivity index (χ2n) is 11.6. The van der Waals surface area contributed by atoms with Crippen LogP contribution in [0.2, 0.25) is 0 Å². The van der Waals surface area contributed by atoms with Gasteiger partial charge in [0.15, 0.2) is 11.5 Å². The average Bonchev–Trinajstić information content (AvgIpc) is 3.03. The maximum absolute atomic E-state index is 13.5. The van der Waals surface area contributed by atoms with E-state index in [0.29, 0.717) is 66.8 Å². The van der Waals surface area contributed by atoms with Crippen LogP contribution in [0.5, 0.6) is 11.5 Å². The Morgan fingerprint density at radius 2 is 1.48 bits per heavy atom. The number of urea groups is 1. The van der Waals surface area contributed by atoms with Crippen LogP contribution >= 0.6 is 0 Å². The molecule has 0 aliphatic carbocycles. The molecule has 1 aliphatic rings. The number of ether oxygens (including phenoxy) is 3. The molecular formula is C35H37N5O6. The molecule has 0 saturated heterocycles. The third-order valence-corrected chi connectivity index (χ3v) is 6.90. The molecule has 0 unspecified atom stereocenters. The predicted octanol–water partition coefficient (Wildman–Crippen LogP) is 6.73. The Labute approximate surface area is 267 Å². The van der Waals surface area contributed by atoms with E-state index < -0.39 is 11.7 Å². The number of anilines is 3. The fourth-order valence-electron chi connectivity index (χ4n) is 4.68. The van der Waals surface area contributed by atoms with Gasteiger partial charge in [-0.25, -0.2) is 9.59 Å². The van der Waals surface area contributed by atoms with Crippen LogP contribution in [0, 0.1) is 0 Å². The number of carbonyl (C=O) groups excluding carboxylic acids is 3. The summed E-state index contributed by atoms with van der Waals surface area (Å²) in [5.41, 5.74) is 3.09. The average molecular weight is 624 g/mol. The molecule has 46 heavy (non-hydrogen) atoms. The highest BCUT2D eigenvalue weighted by molar-refractivity contribution is 6.06. The molecule has 3 aromatic carbocycles. The van der Waals surface area contributed by atoms with Crippen LogP contribution < -0.4 is 25.4 Å². The normalized spacial score (nSPS) is 12.1. The fraction of sp³-hybridized carbons (Fsp3) is 0.257. The fourth-order valence-corrected chi connectivity index (χ4v) is 4.68. The molecule has 11 heteroatoms. The molecular weight excluding hydrogens is 586 g/mol. The number of hydrogen-bond donors (Lipinski definition) is 3. The summed E-state index contributed by atoms with van der Waals surface area (Å²) < 4.78 is 16.6. The highest BCUT2D eigenvalue weighted by Gasteiger charge is 2.19. The molecule has 0 spiro atoms. The smallest absolute Gasteiger partial charge is 0.412 e. The van der Waals surface area contributed by atoms with Gasteiger partial charge in [0.25, 0.3) is 5.91 Å². The molecule has 2 heterocycles. The van der Waals surface area contributed by atoms with Crippen molar-refractivity contribution in [2.75, 3.05) is 35.7 Å². The minimum absolute atomic E-state index is 0.276. The minimum atomic E-state index is -0.662. The Balaban J connectivity index is 1.26. The van der Waals surface area contributed by atoms with Crippen molar-refractivity contribution in [3.05, 3.63) is 108 Å². The largest absolute Gasteiger partial charge is 0.486 e. The Bertz CT molecular complexity index is 1670. The second-order valence-corrected chi connectivity index (χ2v) is 11.6. The first-order valence-electron chi connectivity index (χ1n) is 15.0. The second kappa shape index (κ2) is 14.5. The lowest BCUT2D eigenvalue weighted by atomic mass is 10.1. The zero-order valence-electron chi connectivity index (χ0n) is 26.0. The van der Waals surface area contributed by atoms with Crippen LogP contribution in [0.1, 0.15) is 42.3 Å². The molecule has 1 aliphatic heterocycles. The van der Waals surface area contributed by atoms with Gasteiger partial charge in [0.2, 0.25) is 0 Å². The topological polar surface area (TPSA) is 131 Å². The van der Waals surface area contributed by atoms with Crippen LogP contribution in [0.3, 0.4) is 0 Å². The van der Waals surface area contributed by atoms with E-state index >= 15 is 0 Å². The summed E-state index contributed by atoms with van der Waals surface area (Å²) in [6.45, 7) is 7.02. The van der Waals surface area contributed by atoms with Gasteiger partial charge in [-0.05, 0) is 86.8 Å². The molecule has 238 valence electrons. The van der Waals surface area contributed by atoms with Crippen molar-refractivity contribution in [3.63, 3.8) is 0 Å². The van der Waals surface area contributed by atoms with Crippen molar-refractivity contribution in [2.24, 2.45) is 0 Å². The van der Waals surface area contributed by atoms with Crippen LogP contribution in [0.25, 0.3) is 0 Å². The minimum Gasteiger partial charge on any atom is -0.486 e. The number of rotatable bonds is 9. The van der Waals surface area contributed by atoms with Gasteiger partial charge in [-0.2, -0.15) is 0 Å². The van der Waals surface area contributed by atoms with E-state index in [0.717, 1.165) is 11.1 Å². The van der Waals surface area contributed by atoms with Crippen molar-refractivity contribution < 1.29 is 28.6 Å². The van der Waals surface area contributed by atoms with Crippen LogP contribution in [-0.2, 0) is 17.7 Å². The first-order valence-corrected chi connectivity index (χ1v) is 15.0. The molecule has 0 fully saturated rings. The summed E-state index contributed by atoms with van der Waals surface area (Å²) in [6.07, 6.45) is 3.47. The lowest BCUT2D eigenvalue weighted by molar-refractivity contribution is 0.0635. The molecule has 4 aromatic rings. The number of fused-ring (bicyclic) bond motifs is 1. The van der Waals surface area contributed by atoms with Gasteiger partial charge in [0.1, 0.15) is 18.8 Å². The summed E-state index contributed by atoms with van der Waals surface area (Å²) in [4.78, 5) is 44.7. The van der Waals surface area contributed by atoms with Crippen molar-refractivity contribution in [3.8, 4) is 11.5 Å². The highest BCUT2D eigenvalue weighted by atomic mass is 16.6. The van der Waals surface area contributed by atoms with Gasteiger partial charge in [-0.3, -0.25) is 15.1 Å². The highest BCUT2D eigenvalue weighted by Crippen LogP contribution is 2.32. The van der Waals surface area contributed by atoms with Gasteiger partial charge in [0.05, 0.1) is 11.4 Å². The quantitative estimate of drug-likeness (QED) is 0.188. The van der Waals surface area contributed by atoms with Crippen molar-refractivity contribution in [1.82, 2.24) is 9.88 Å². The number of amides is 4. The summed E-state index contributed by atoms with van der Waals surface area (Å²) in [7, 11) is 0. The van der Waals surface area contributed by atoms with Crippen LogP contribution in [0.4, 0.5) is 26.7 Å². The Morgan fingerprint density at radius 1 is 0.804 bits per heavy atom. The summed E-state index contributed by atoms with van der Waals surface area (Å²) in [5.74, 6) is 0.881. The third-order valence-electron chi connectivity index (χ3n) is 6.90. The van der Waals surface area contributed by atoms with Gasteiger partial charge in [-0.1, -0.05) is 24.3 Å². The van der Waals surface area contributed by atoms with E-state index in [1.54, 1.807) is 92.7 Å². The van der Waals surface area contributed by atoms with Gasteiger partial charge in [-0.15, -0.1) is 0 Å². The summed E-state index contributed by atoms with van der Waals surface area (Å²) in [5, 5.41) is 8.51. The maximum Gasteiger partial charge on any atom is 0.412 e. The Hall–Kier alpha value is -5.58. The molecule has 0 bridgehead atoms. The van der Waals surface area contributed by atoms with Gasteiger partial charge >= 0.3 is 12.1 Å². The Morgan fingerprint density at radius 3 is 2.17 bits per heavy atom. The number of benzene rings is 3. The number of aromatic nitrogens is 1. The first-order chi connectivity index (χ1) is 22.1. The summed E-state index contributed by atoms with van der Waals surface area (Å²) >= 11 is 0. The van der Waals surface area contributed by atoms with E-state index in [2.05, 4.69) is 20.9 Å². The van der Waals surface area contributed by atoms with Gasteiger partial charge < -0.3 is 29.7 Å². The predicted molar refractivity (Wildman–Crippen MR) is 175 cm³/mol. The van der Waals surface area contributed by atoms with E-state index in [9.17, 15) is 14.4 Å². The number of para-hydroxylation sites is 2. The van der Waals surface area contributed by atoms with Crippen molar-refractivity contribution in [1.29, 1.82) is 0 Å². The monoisotopic (exact) mass is 623 g/mol.